The molecule has 3 aromatic rings. The van der Waals surface area contributed by atoms with Gasteiger partial charge in [-0.15, -0.1) is 11.3 Å². The molecule has 2 aromatic carbocycles. The first-order valence-corrected chi connectivity index (χ1v) is 10.8. The molecule has 0 bridgehead atoms. The third-order valence-corrected chi connectivity index (χ3v) is 6.04. The fourth-order valence-corrected chi connectivity index (χ4v) is 4.57. The van der Waals surface area contributed by atoms with Crippen LogP contribution in [0.5, 0.6) is 5.75 Å². The Bertz CT molecular complexity index is 997. The monoisotopic (exact) mass is 390 g/mol. The van der Waals surface area contributed by atoms with Crippen LogP contribution in [0.25, 0.3) is 16.9 Å². The summed E-state index contributed by atoms with van der Waals surface area (Å²) in [6.07, 6.45) is 8.63. The van der Waals surface area contributed by atoms with Crippen molar-refractivity contribution in [2.45, 2.75) is 32.1 Å². The Kier molecular flexibility index (Phi) is 6.07. The van der Waals surface area contributed by atoms with E-state index in [0.717, 1.165) is 29.2 Å². The molecule has 0 atom stereocenters. The summed E-state index contributed by atoms with van der Waals surface area (Å²) in [6, 6.07) is 18.7. The number of allylic oxidation sites excluding steroid dienone is 1. The van der Waals surface area contributed by atoms with Crippen LogP contribution in [-0.4, -0.2) is 18.2 Å². The number of hydrogen-bond acceptors (Lipinski definition) is 3. The molecule has 0 amide bonds. The molecule has 0 spiro atoms. The normalized spacial score (nSPS) is 14.8. The van der Waals surface area contributed by atoms with Crippen LogP contribution in [0.4, 0.5) is 0 Å². The van der Waals surface area contributed by atoms with Gasteiger partial charge in [0.2, 0.25) is 0 Å². The van der Waals surface area contributed by atoms with Crippen molar-refractivity contribution in [1.29, 1.82) is 0 Å². The van der Waals surface area contributed by atoms with Crippen LogP contribution in [0.2, 0.25) is 0 Å². The zero-order valence-electron chi connectivity index (χ0n) is 16.3. The van der Waals surface area contributed by atoms with E-state index in [-0.39, 0.29) is 0 Å². The highest BCUT2D eigenvalue weighted by atomic mass is 32.1. The van der Waals surface area contributed by atoms with Crippen LogP contribution < -0.4 is 9.54 Å². The first-order valence-electron chi connectivity index (χ1n) is 9.94. The van der Waals surface area contributed by atoms with Crippen molar-refractivity contribution in [3.8, 4) is 22.7 Å². The molecule has 0 saturated heterocycles. The van der Waals surface area contributed by atoms with Gasteiger partial charge >= 0.3 is 0 Å². The maximum absolute atomic E-state index is 5.33. The molecule has 0 N–H and O–H groups in total. The molecule has 1 aliphatic carbocycles. The fourth-order valence-electron chi connectivity index (χ4n) is 3.64. The van der Waals surface area contributed by atoms with Crippen molar-refractivity contribution >= 4 is 11.3 Å². The molecular weight excluding hydrogens is 364 g/mol. The van der Waals surface area contributed by atoms with Gasteiger partial charge in [-0.25, -0.2) is 0 Å². The Balaban J connectivity index is 1.70. The van der Waals surface area contributed by atoms with Crippen LogP contribution in [0.15, 0.2) is 76.6 Å². The van der Waals surface area contributed by atoms with E-state index < -0.39 is 0 Å². The third-order valence-electron chi connectivity index (χ3n) is 5.17. The minimum atomic E-state index is 0.844. The van der Waals surface area contributed by atoms with E-state index in [4.69, 9.17) is 9.73 Å². The van der Waals surface area contributed by atoms with E-state index in [0.29, 0.717) is 0 Å². The van der Waals surface area contributed by atoms with Gasteiger partial charge in [-0.2, -0.15) is 0 Å². The highest BCUT2D eigenvalue weighted by Crippen LogP contribution is 2.25. The number of thiazole rings is 1. The highest BCUT2D eigenvalue weighted by Gasteiger charge is 2.10. The average Bonchev–Trinajstić information content (AvgIpc) is 3.19. The van der Waals surface area contributed by atoms with E-state index in [1.807, 2.05) is 12.1 Å². The van der Waals surface area contributed by atoms with Crippen LogP contribution in [0.3, 0.4) is 0 Å². The maximum atomic E-state index is 5.33. The first kappa shape index (κ1) is 18.8. The number of hydrogen-bond donors (Lipinski definition) is 0. The predicted molar refractivity (Wildman–Crippen MR) is 117 cm³/mol. The molecule has 0 unspecified atom stereocenters. The fraction of sp³-hybridized carbons (Fsp3) is 0.292. The largest absolute Gasteiger partial charge is 0.497 e. The van der Waals surface area contributed by atoms with Gasteiger partial charge in [0.15, 0.2) is 4.80 Å². The molecule has 0 radical (unpaired) electrons. The smallest absolute Gasteiger partial charge is 0.189 e. The summed E-state index contributed by atoms with van der Waals surface area (Å²) >= 11 is 1.71. The zero-order valence-corrected chi connectivity index (χ0v) is 17.1. The third kappa shape index (κ3) is 4.28. The van der Waals surface area contributed by atoms with Gasteiger partial charge in [0.1, 0.15) is 5.75 Å². The average molecular weight is 391 g/mol. The molecule has 1 aliphatic rings. The topological polar surface area (TPSA) is 26.5 Å². The Morgan fingerprint density at radius 1 is 1.04 bits per heavy atom. The van der Waals surface area contributed by atoms with Crippen molar-refractivity contribution in [2.75, 3.05) is 13.7 Å². The number of aromatic nitrogens is 1. The zero-order chi connectivity index (χ0) is 19.2. The van der Waals surface area contributed by atoms with Crippen LogP contribution in [0.1, 0.15) is 32.1 Å². The van der Waals surface area contributed by atoms with Gasteiger partial charge < -0.3 is 4.74 Å². The predicted octanol–water partition coefficient (Wildman–Crippen LogP) is 6.01. The number of nitrogens with zero attached hydrogens (tertiary/aromatic N) is 2. The Morgan fingerprint density at radius 3 is 2.57 bits per heavy atom. The molecule has 1 heterocycles. The second-order valence-electron chi connectivity index (χ2n) is 7.04. The molecule has 0 fully saturated rings. The quantitative estimate of drug-likeness (QED) is 0.474. The van der Waals surface area contributed by atoms with Crippen molar-refractivity contribution in [3.63, 3.8) is 0 Å². The summed E-state index contributed by atoms with van der Waals surface area (Å²) in [5, 5.41) is 2.21. The van der Waals surface area contributed by atoms with Crippen molar-refractivity contribution in [1.82, 2.24) is 4.57 Å². The highest BCUT2D eigenvalue weighted by molar-refractivity contribution is 7.07. The van der Waals surface area contributed by atoms with Gasteiger partial charge in [-0.05, 0) is 61.9 Å². The van der Waals surface area contributed by atoms with Crippen LogP contribution in [0, 0.1) is 0 Å². The van der Waals surface area contributed by atoms with Crippen LogP contribution >= 0.6 is 11.3 Å². The van der Waals surface area contributed by atoms with Crippen LogP contribution in [-0.2, 0) is 0 Å². The standard InChI is InChI=1S/C24H26N2OS/c1-27-22-14-12-21(13-15-22)26-23(20-10-6-3-7-11-20)18-28-24(26)25-17-16-19-8-4-2-5-9-19/h3,6-8,10-15,18H,2,4-5,9,16-17H2,1H3. The molecule has 0 aliphatic heterocycles. The lowest BCUT2D eigenvalue weighted by Crippen LogP contribution is -2.15. The van der Waals surface area contributed by atoms with E-state index in [2.05, 4.69) is 58.5 Å². The lowest BCUT2D eigenvalue weighted by atomic mass is 9.97. The van der Waals surface area contributed by atoms with Gasteiger partial charge in [0.05, 0.1) is 12.8 Å². The van der Waals surface area contributed by atoms with Gasteiger partial charge in [-0.3, -0.25) is 9.56 Å². The number of methoxy groups -OCH3 is 1. The van der Waals surface area contributed by atoms with Gasteiger partial charge in [0, 0.05) is 17.6 Å². The molecule has 1 aromatic heterocycles. The van der Waals surface area contributed by atoms with Gasteiger partial charge in [0.25, 0.3) is 0 Å². The molecule has 3 nitrogen and oxygen atoms in total. The lowest BCUT2D eigenvalue weighted by Gasteiger charge is -2.12. The molecule has 28 heavy (non-hydrogen) atoms. The first-order chi connectivity index (χ1) is 13.8. The Hall–Kier alpha value is -2.59. The minimum Gasteiger partial charge on any atom is -0.497 e. The molecule has 4 rings (SSSR count). The number of ether oxygens (including phenoxy) is 1. The summed E-state index contributed by atoms with van der Waals surface area (Å²) in [5.41, 5.74) is 5.06. The summed E-state index contributed by atoms with van der Waals surface area (Å²) in [6.45, 7) is 0.844. The number of benzene rings is 2. The van der Waals surface area contributed by atoms with Crippen molar-refractivity contribution < 1.29 is 4.74 Å². The lowest BCUT2D eigenvalue weighted by molar-refractivity contribution is 0.414. The summed E-state index contributed by atoms with van der Waals surface area (Å²) in [5.74, 6) is 0.864. The SMILES string of the molecule is COc1ccc(-n2c(-c3ccccc3)csc2=NCCC2=CCCCC2)cc1. The van der Waals surface area contributed by atoms with Crippen molar-refractivity contribution in [2.24, 2.45) is 4.99 Å². The maximum Gasteiger partial charge on any atom is 0.189 e. The molecule has 144 valence electrons. The summed E-state index contributed by atoms with van der Waals surface area (Å²) in [7, 11) is 1.70. The second kappa shape index (κ2) is 9.07. The summed E-state index contributed by atoms with van der Waals surface area (Å²) < 4.78 is 7.59. The summed E-state index contributed by atoms with van der Waals surface area (Å²) in [4.78, 5) is 6.02. The van der Waals surface area contributed by atoms with E-state index in [1.165, 1.54) is 36.9 Å². The Morgan fingerprint density at radius 2 is 1.86 bits per heavy atom. The van der Waals surface area contributed by atoms with E-state index >= 15 is 0 Å². The number of rotatable bonds is 6. The molecule has 0 saturated carbocycles. The Labute approximate surface area is 170 Å². The molecule has 4 heteroatoms. The minimum absolute atomic E-state index is 0.844. The van der Waals surface area contributed by atoms with E-state index in [9.17, 15) is 0 Å². The van der Waals surface area contributed by atoms with E-state index in [1.54, 1.807) is 24.0 Å². The second-order valence-corrected chi connectivity index (χ2v) is 7.88. The van der Waals surface area contributed by atoms with Gasteiger partial charge in [-0.1, -0.05) is 42.0 Å². The van der Waals surface area contributed by atoms with Crippen molar-refractivity contribution in [3.05, 3.63) is 76.4 Å². The molecular formula is C24H26N2OS.